The van der Waals surface area contributed by atoms with Gasteiger partial charge in [-0.1, -0.05) is 35.3 Å². The van der Waals surface area contributed by atoms with E-state index in [0.29, 0.717) is 15.6 Å². The summed E-state index contributed by atoms with van der Waals surface area (Å²) in [4.78, 5) is 0. The van der Waals surface area contributed by atoms with Crippen molar-refractivity contribution in [2.75, 3.05) is 0 Å². The van der Waals surface area contributed by atoms with Gasteiger partial charge in [-0.15, -0.1) is 0 Å². The number of hydrogen-bond donors (Lipinski definition) is 1. The Bertz CT molecular complexity index is 555. The van der Waals surface area contributed by atoms with Crippen LogP contribution in [-0.2, 0) is 6.54 Å². The first-order valence-corrected chi connectivity index (χ1v) is 5.81. The number of benzene rings is 2. The fourth-order valence-electron chi connectivity index (χ4n) is 1.59. The number of hydrogen-bond acceptors (Lipinski definition) is 1. The first-order chi connectivity index (χ1) is 8.11. The van der Waals surface area contributed by atoms with Gasteiger partial charge in [-0.3, -0.25) is 0 Å². The molecule has 0 aromatic heterocycles. The number of rotatable bonds is 2. The molecule has 0 fully saturated rings. The van der Waals surface area contributed by atoms with Crippen LogP contribution in [0.15, 0.2) is 36.4 Å². The van der Waals surface area contributed by atoms with Gasteiger partial charge in [0.2, 0.25) is 0 Å². The highest BCUT2D eigenvalue weighted by molar-refractivity contribution is 6.42. The molecule has 88 valence electrons. The fourth-order valence-corrected chi connectivity index (χ4v) is 1.88. The Hall–Kier alpha value is -1.09. The summed E-state index contributed by atoms with van der Waals surface area (Å²) < 4.78 is 13.3. The normalized spacial score (nSPS) is 10.6. The summed E-state index contributed by atoms with van der Waals surface area (Å²) in [5, 5.41) is 0.972. The molecule has 0 atom stereocenters. The minimum Gasteiger partial charge on any atom is -0.326 e. The van der Waals surface area contributed by atoms with Gasteiger partial charge in [0.1, 0.15) is 5.82 Å². The highest BCUT2D eigenvalue weighted by atomic mass is 35.5. The molecule has 0 saturated heterocycles. The van der Waals surface area contributed by atoms with Gasteiger partial charge in [0.15, 0.2) is 0 Å². The van der Waals surface area contributed by atoms with Crippen LogP contribution in [0.2, 0.25) is 10.0 Å². The van der Waals surface area contributed by atoms with Crippen LogP contribution in [0.3, 0.4) is 0 Å². The molecule has 2 aromatic rings. The average Bonchev–Trinajstić information content (AvgIpc) is 2.33. The lowest BCUT2D eigenvalue weighted by Crippen LogP contribution is -1.99. The lowest BCUT2D eigenvalue weighted by molar-refractivity contribution is 0.611. The van der Waals surface area contributed by atoms with Gasteiger partial charge in [0.05, 0.1) is 10.0 Å². The Morgan fingerprint density at radius 3 is 2.24 bits per heavy atom. The van der Waals surface area contributed by atoms with Crippen LogP contribution in [0, 0.1) is 5.82 Å². The summed E-state index contributed by atoms with van der Waals surface area (Å²) in [5.41, 5.74) is 7.69. The molecule has 0 heterocycles. The van der Waals surface area contributed by atoms with Crippen LogP contribution in [0.4, 0.5) is 4.39 Å². The molecular formula is C13H10Cl2FN. The van der Waals surface area contributed by atoms with Gasteiger partial charge < -0.3 is 5.73 Å². The van der Waals surface area contributed by atoms with Crippen molar-refractivity contribution in [3.8, 4) is 11.1 Å². The topological polar surface area (TPSA) is 26.0 Å². The van der Waals surface area contributed by atoms with E-state index in [4.69, 9.17) is 28.9 Å². The van der Waals surface area contributed by atoms with Crippen molar-refractivity contribution in [3.05, 3.63) is 57.8 Å². The van der Waals surface area contributed by atoms with E-state index < -0.39 is 0 Å². The Morgan fingerprint density at radius 2 is 1.59 bits per heavy atom. The average molecular weight is 270 g/mol. The summed E-state index contributed by atoms with van der Waals surface area (Å²) in [5.74, 6) is -0.295. The molecule has 2 aromatic carbocycles. The molecule has 0 saturated carbocycles. The predicted molar refractivity (Wildman–Crippen MR) is 69.7 cm³/mol. The molecule has 0 aliphatic heterocycles. The zero-order valence-electron chi connectivity index (χ0n) is 8.88. The van der Waals surface area contributed by atoms with Crippen LogP contribution in [0.5, 0.6) is 0 Å². The van der Waals surface area contributed by atoms with Gasteiger partial charge in [-0.25, -0.2) is 4.39 Å². The second kappa shape index (κ2) is 5.05. The lowest BCUT2D eigenvalue weighted by Gasteiger charge is -2.06. The fraction of sp³-hybridized carbons (Fsp3) is 0.0769. The van der Waals surface area contributed by atoms with E-state index in [0.717, 1.165) is 11.1 Å². The molecule has 17 heavy (non-hydrogen) atoms. The zero-order chi connectivity index (χ0) is 12.4. The van der Waals surface area contributed by atoms with Crippen LogP contribution in [-0.4, -0.2) is 0 Å². The Kier molecular flexibility index (Phi) is 3.67. The molecule has 0 aliphatic rings. The maximum absolute atomic E-state index is 13.3. The second-order valence-corrected chi connectivity index (χ2v) is 4.45. The largest absolute Gasteiger partial charge is 0.326 e. The highest BCUT2D eigenvalue weighted by Gasteiger charge is 2.05. The van der Waals surface area contributed by atoms with Crippen LogP contribution in [0.25, 0.3) is 11.1 Å². The Labute approximate surface area is 109 Å². The SMILES string of the molecule is NCc1cc(-c2ccc(Cl)c(Cl)c2)ccc1F. The third-order valence-corrected chi connectivity index (χ3v) is 3.26. The van der Waals surface area contributed by atoms with Crippen molar-refractivity contribution in [3.63, 3.8) is 0 Å². The minimum absolute atomic E-state index is 0.168. The second-order valence-electron chi connectivity index (χ2n) is 3.64. The van der Waals surface area contributed by atoms with Crippen molar-refractivity contribution in [1.82, 2.24) is 0 Å². The Morgan fingerprint density at radius 1 is 0.941 bits per heavy atom. The third kappa shape index (κ3) is 2.60. The standard InChI is InChI=1S/C13H10Cl2FN/c14-11-3-1-9(6-12(11)15)8-2-4-13(16)10(5-8)7-17/h1-6H,7,17H2. The minimum atomic E-state index is -0.295. The van der Waals surface area contributed by atoms with Gasteiger partial charge in [-0.2, -0.15) is 0 Å². The van der Waals surface area contributed by atoms with E-state index in [9.17, 15) is 4.39 Å². The summed E-state index contributed by atoms with van der Waals surface area (Å²) >= 11 is 11.8. The first-order valence-electron chi connectivity index (χ1n) is 5.05. The molecule has 0 spiro atoms. The summed E-state index contributed by atoms with van der Waals surface area (Å²) in [7, 11) is 0. The molecular weight excluding hydrogens is 260 g/mol. The number of nitrogens with two attached hydrogens (primary N) is 1. The maximum Gasteiger partial charge on any atom is 0.127 e. The van der Waals surface area contributed by atoms with Crippen molar-refractivity contribution in [2.24, 2.45) is 5.73 Å². The van der Waals surface area contributed by atoms with Crippen LogP contribution >= 0.6 is 23.2 Å². The van der Waals surface area contributed by atoms with E-state index >= 15 is 0 Å². The van der Waals surface area contributed by atoms with Crippen LogP contribution in [0.1, 0.15) is 5.56 Å². The van der Waals surface area contributed by atoms with Gasteiger partial charge in [0.25, 0.3) is 0 Å². The molecule has 2 N–H and O–H groups in total. The molecule has 0 bridgehead atoms. The molecule has 2 rings (SSSR count). The molecule has 0 radical (unpaired) electrons. The predicted octanol–water partition coefficient (Wildman–Crippen LogP) is 4.26. The first kappa shape index (κ1) is 12.4. The van der Waals surface area contributed by atoms with Crippen LogP contribution < -0.4 is 5.73 Å². The van der Waals surface area contributed by atoms with Gasteiger partial charge >= 0.3 is 0 Å². The highest BCUT2D eigenvalue weighted by Crippen LogP contribution is 2.29. The van der Waals surface area contributed by atoms with Gasteiger partial charge in [-0.05, 0) is 35.4 Å². The summed E-state index contributed by atoms with van der Waals surface area (Å²) in [6.45, 7) is 0.168. The lowest BCUT2D eigenvalue weighted by atomic mass is 10.0. The Balaban J connectivity index is 2.49. The smallest absolute Gasteiger partial charge is 0.127 e. The van der Waals surface area contributed by atoms with E-state index in [1.807, 2.05) is 6.07 Å². The van der Waals surface area contributed by atoms with Crippen molar-refractivity contribution >= 4 is 23.2 Å². The monoisotopic (exact) mass is 269 g/mol. The number of halogens is 3. The summed E-state index contributed by atoms with van der Waals surface area (Å²) in [6.07, 6.45) is 0. The molecule has 1 nitrogen and oxygen atoms in total. The molecule has 0 amide bonds. The molecule has 4 heteroatoms. The quantitative estimate of drug-likeness (QED) is 0.866. The van der Waals surface area contributed by atoms with E-state index in [1.54, 1.807) is 24.3 Å². The zero-order valence-corrected chi connectivity index (χ0v) is 10.4. The summed E-state index contributed by atoms with van der Waals surface area (Å²) in [6, 6.07) is 10.1. The van der Waals surface area contributed by atoms with E-state index in [1.165, 1.54) is 6.07 Å². The van der Waals surface area contributed by atoms with E-state index in [2.05, 4.69) is 0 Å². The van der Waals surface area contributed by atoms with E-state index in [-0.39, 0.29) is 12.4 Å². The van der Waals surface area contributed by atoms with Gasteiger partial charge in [0, 0.05) is 12.1 Å². The molecule has 0 aliphatic carbocycles. The maximum atomic E-state index is 13.3. The third-order valence-electron chi connectivity index (χ3n) is 2.52. The van der Waals surface area contributed by atoms with Crippen molar-refractivity contribution < 1.29 is 4.39 Å². The van der Waals surface area contributed by atoms with Crippen molar-refractivity contribution in [2.45, 2.75) is 6.54 Å². The molecule has 0 unspecified atom stereocenters. The van der Waals surface area contributed by atoms with Crippen molar-refractivity contribution in [1.29, 1.82) is 0 Å².